The Balaban J connectivity index is 1.34. The standard InChI is InChI=1S/C24H21BrN2O3/c1-15-11-16(2)24(19(25)12-15)29-14-22(28)26-18-9-7-17(8-10-18)13-23-27-20-5-3-4-6-21(20)30-23/h3-12H,13-14H2,1-2H3,(H,26,28). The number of anilines is 1. The summed E-state index contributed by atoms with van der Waals surface area (Å²) >= 11 is 3.49. The molecule has 6 heteroatoms. The Morgan fingerprint density at radius 2 is 1.87 bits per heavy atom. The number of oxazole rings is 1. The van der Waals surface area contributed by atoms with Crippen molar-refractivity contribution in [3.05, 3.63) is 87.7 Å². The molecule has 30 heavy (non-hydrogen) atoms. The molecule has 0 spiro atoms. The fourth-order valence-electron chi connectivity index (χ4n) is 3.30. The van der Waals surface area contributed by atoms with Crippen molar-refractivity contribution in [2.45, 2.75) is 20.3 Å². The van der Waals surface area contributed by atoms with Gasteiger partial charge in [-0.1, -0.05) is 30.3 Å². The van der Waals surface area contributed by atoms with Crippen LogP contribution in [0.4, 0.5) is 5.69 Å². The molecular weight excluding hydrogens is 444 g/mol. The molecule has 1 amide bonds. The maximum atomic E-state index is 12.3. The Labute approximate surface area is 183 Å². The molecule has 3 aromatic carbocycles. The number of ether oxygens (including phenoxy) is 1. The average molecular weight is 465 g/mol. The topological polar surface area (TPSA) is 64.4 Å². The van der Waals surface area contributed by atoms with Gasteiger partial charge in [-0.15, -0.1) is 0 Å². The number of amides is 1. The van der Waals surface area contributed by atoms with E-state index in [2.05, 4.69) is 26.2 Å². The summed E-state index contributed by atoms with van der Waals surface area (Å²) in [5.41, 5.74) is 5.52. The molecule has 0 aliphatic carbocycles. The molecular formula is C24H21BrN2O3. The fourth-order valence-corrected chi connectivity index (χ4v) is 4.08. The Morgan fingerprint density at radius 3 is 2.60 bits per heavy atom. The molecule has 0 aliphatic heterocycles. The summed E-state index contributed by atoms with van der Waals surface area (Å²) in [6, 6.07) is 19.3. The van der Waals surface area contributed by atoms with Gasteiger partial charge < -0.3 is 14.5 Å². The number of aryl methyl sites for hydroxylation is 2. The van der Waals surface area contributed by atoms with Gasteiger partial charge in [0.25, 0.3) is 5.91 Å². The average Bonchev–Trinajstić information content (AvgIpc) is 3.11. The van der Waals surface area contributed by atoms with Crippen molar-refractivity contribution in [2.24, 2.45) is 0 Å². The number of nitrogens with zero attached hydrogens (tertiary/aromatic N) is 1. The molecule has 0 radical (unpaired) electrons. The molecule has 4 rings (SSSR count). The van der Waals surface area contributed by atoms with Gasteiger partial charge in [0, 0.05) is 12.1 Å². The number of hydrogen-bond donors (Lipinski definition) is 1. The lowest BCUT2D eigenvalue weighted by molar-refractivity contribution is -0.118. The maximum Gasteiger partial charge on any atom is 0.262 e. The summed E-state index contributed by atoms with van der Waals surface area (Å²) in [5, 5.41) is 2.86. The van der Waals surface area contributed by atoms with Gasteiger partial charge in [0.2, 0.25) is 0 Å². The van der Waals surface area contributed by atoms with Crippen LogP contribution in [0.15, 0.2) is 69.6 Å². The quantitative estimate of drug-likeness (QED) is 0.390. The Kier molecular flexibility index (Phi) is 5.86. The van der Waals surface area contributed by atoms with Crippen LogP contribution in [-0.4, -0.2) is 17.5 Å². The predicted octanol–water partition coefficient (Wildman–Crippen LogP) is 5.82. The number of rotatable bonds is 6. The number of aromatic nitrogens is 1. The van der Waals surface area contributed by atoms with E-state index in [0.717, 1.165) is 32.3 Å². The van der Waals surface area contributed by atoms with E-state index < -0.39 is 0 Å². The number of benzene rings is 3. The van der Waals surface area contributed by atoms with Gasteiger partial charge in [-0.25, -0.2) is 4.98 Å². The van der Waals surface area contributed by atoms with Gasteiger partial charge in [-0.2, -0.15) is 0 Å². The highest BCUT2D eigenvalue weighted by Crippen LogP contribution is 2.30. The molecule has 1 aromatic heterocycles. The van der Waals surface area contributed by atoms with E-state index in [1.807, 2.05) is 74.5 Å². The van der Waals surface area contributed by atoms with E-state index >= 15 is 0 Å². The zero-order valence-corrected chi connectivity index (χ0v) is 18.3. The summed E-state index contributed by atoms with van der Waals surface area (Å²) in [4.78, 5) is 16.8. The minimum absolute atomic E-state index is 0.0623. The van der Waals surface area contributed by atoms with Crippen molar-refractivity contribution in [3.63, 3.8) is 0 Å². The van der Waals surface area contributed by atoms with E-state index in [0.29, 0.717) is 23.7 Å². The van der Waals surface area contributed by atoms with E-state index in [4.69, 9.17) is 9.15 Å². The van der Waals surface area contributed by atoms with Gasteiger partial charge >= 0.3 is 0 Å². The number of nitrogens with one attached hydrogen (secondary N) is 1. The normalized spacial score (nSPS) is 10.9. The second kappa shape index (κ2) is 8.71. The van der Waals surface area contributed by atoms with Gasteiger partial charge in [0.15, 0.2) is 18.1 Å². The maximum absolute atomic E-state index is 12.3. The van der Waals surface area contributed by atoms with Gasteiger partial charge in [-0.05, 0) is 76.8 Å². The molecule has 0 unspecified atom stereocenters. The Bertz CT molecular complexity index is 1140. The second-order valence-electron chi connectivity index (χ2n) is 7.18. The first-order valence-corrected chi connectivity index (χ1v) is 10.4. The molecule has 0 aliphatic rings. The number of fused-ring (bicyclic) bond motifs is 1. The van der Waals surface area contributed by atoms with E-state index in [9.17, 15) is 4.79 Å². The SMILES string of the molecule is Cc1cc(C)c(OCC(=O)Nc2ccc(Cc3nc4ccccc4o3)cc2)c(Br)c1. The highest BCUT2D eigenvalue weighted by atomic mass is 79.9. The molecule has 0 saturated carbocycles. The number of carbonyl (C=O) groups is 1. The van der Waals surface area contributed by atoms with Crippen LogP contribution in [0.2, 0.25) is 0 Å². The first-order valence-electron chi connectivity index (χ1n) is 9.61. The van der Waals surface area contributed by atoms with Crippen molar-refractivity contribution in [1.82, 2.24) is 4.98 Å². The van der Waals surface area contributed by atoms with Crippen molar-refractivity contribution < 1.29 is 13.9 Å². The van der Waals surface area contributed by atoms with E-state index in [-0.39, 0.29) is 12.5 Å². The largest absolute Gasteiger partial charge is 0.482 e. The zero-order chi connectivity index (χ0) is 21.1. The van der Waals surface area contributed by atoms with Crippen molar-refractivity contribution in [1.29, 1.82) is 0 Å². The third kappa shape index (κ3) is 4.71. The van der Waals surface area contributed by atoms with Crippen LogP contribution < -0.4 is 10.1 Å². The summed E-state index contributed by atoms with van der Waals surface area (Å²) in [5.74, 6) is 1.14. The van der Waals surface area contributed by atoms with Crippen molar-refractivity contribution in [2.75, 3.05) is 11.9 Å². The molecule has 5 nitrogen and oxygen atoms in total. The van der Waals surface area contributed by atoms with Crippen molar-refractivity contribution >= 4 is 38.6 Å². The zero-order valence-electron chi connectivity index (χ0n) is 16.7. The smallest absolute Gasteiger partial charge is 0.262 e. The summed E-state index contributed by atoms with van der Waals surface area (Å²) in [6.07, 6.45) is 0.590. The Hall–Kier alpha value is -3.12. The van der Waals surface area contributed by atoms with E-state index in [1.54, 1.807) is 0 Å². The lowest BCUT2D eigenvalue weighted by Crippen LogP contribution is -2.20. The molecule has 1 N–H and O–H groups in total. The highest BCUT2D eigenvalue weighted by molar-refractivity contribution is 9.10. The predicted molar refractivity (Wildman–Crippen MR) is 121 cm³/mol. The van der Waals surface area contributed by atoms with Crippen LogP contribution in [0.3, 0.4) is 0 Å². The van der Waals surface area contributed by atoms with Gasteiger partial charge in [0.05, 0.1) is 4.47 Å². The monoisotopic (exact) mass is 464 g/mol. The fraction of sp³-hybridized carbons (Fsp3) is 0.167. The molecule has 0 atom stereocenters. The summed E-state index contributed by atoms with van der Waals surface area (Å²) < 4.78 is 12.3. The second-order valence-corrected chi connectivity index (χ2v) is 8.03. The van der Waals surface area contributed by atoms with E-state index in [1.165, 1.54) is 0 Å². The third-order valence-corrected chi connectivity index (χ3v) is 5.24. The lowest BCUT2D eigenvalue weighted by atomic mass is 10.1. The highest BCUT2D eigenvalue weighted by Gasteiger charge is 2.10. The number of carbonyl (C=O) groups excluding carboxylic acids is 1. The number of halogens is 1. The molecule has 0 fully saturated rings. The Morgan fingerprint density at radius 1 is 1.10 bits per heavy atom. The number of para-hydroxylation sites is 2. The minimum Gasteiger partial charge on any atom is -0.482 e. The van der Waals surface area contributed by atoms with Crippen LogP contribution in [0.25, 0.3) is 11.1 Å². The molecule has 4 aromatic rings. The van der Waals surface area contributed by atoms with Gasteiger partial charge in [0.1, 0.15) is 11.3 Å². The van der Waals surface area contributed by atoms with Crippen LogP contribution in [0, 0.1) is 13.8 Å². The van der Waals surface area contributed by atoms with Crippen molar-refractivity contribution in [3.8, 4) is 5.75 Å². The first kappa shape index (κ1) is 20.2. The van der Waals surface area contributed by atoms with Crippen LogP contribution >= 0.6 is 15.9 Å². The third-order valence-electron chi connectivity index (χ3n) is 4.65. The first-order chi connectivity index (χ1) is 14.5. The molecule has 152 valence electrons. The summed E-state index contributed by atoms with van der Waals surface area (Å²) in [6.45, 7) is 3.91. The molecule has 0 bridgehead atoms. The van der Waals surface area contributed by atoms with Crippen LogP contribution in [0.5, 0.6) is 5.75 Å². The molecule has 0 saturated heterocycles. The summed E-state index contributed by atoms with van der Waals surface area (Å²) in [7, 11) is 0. The minimum atomic E-state index is -0.214. The molecule has 1 heterocycles. The van der Waals surface area contributed by atoms with Gasteiger partial charge in [-0.3, -0.25) is 4.79 Å². The van der Waals surface area contributed by atoms with Crippen LogP contribution in [-0.2, 0) is 11.2 Å². The van der Waals surface area contributed by atoms with Crippen LogP contribution in [0.1, 0.15) is 22.6 Å². The number of hydrogen-bond acceptors (Lipinski definition) is 4. The lowest BCUT2D eigenvalue weighted by Gasteiger charge is -2.12.